The van der Waals surface area contributed by atoms with Crippen molar-refractivity contribution in [1.82, 2.24) is 9.78 Å². The van der Waals surface area contributed by atoms with E-state index in [4.69, 9.17) is 0 Å². The molecule has 3 rings (SSSR count). The first kappa shape index (κ1) is 18.2. The van der Waals surface area contributed by atoms with Gasteiger partial charge in [-0.25, -0.2) is 5.01 Å². The number of benzene rings is 2. The van der Waals surface area contributed by atoms with Crippen LogP contribution in [-0.2, 0) is 11.8 Å². The molecule has 0 saturated heterocycles. The van der Waals surface area contributed by atoms with Crippen molar-refractivity contribution >= 4 is 33.7 Å². The van der Waals surface area contributed by atoms with Crippen molar-refractivity contribution in [3.05, 3.63) is 64.8 Å². The van der Waals surface area contributed by atoms with Gasteiger partial charge in [-0.2, -0.15) is 5.10 Å². The van der Waals surface area contributed by atoms with E-state index in [-0.39, 0.29) is 0 Å². The summed E-state index contributed by atoms with van der Waals surface area (Å²) in [6.07, 6.45) is 2.54. The van der Waals surface area contributed by atoms with Crippen LogP contribution in [0.4, 0.5) is 11.4 Å². The molecule has 0 saturated carbocycles. The number of nitrogens with zero attached hydrogens (tertiary/aromatic N) is 3. The lowest BCUT2D eigenvalue weighted by atomic mass is 10.0. The smallest absolute Gasteiger partial charge is 0.232 e. The zero-order chi connectivity index (χ0) is 18.7. The highest BCUT2D eigenvalue weighted by Gasteiger charge is 2.11. The molecule has 134 valence electrons. The van der Waals surface area contributed by atoms with Crippen LogP contribution in [0.2, 0.25) is 0 Å². The number of hydrogen-bond acceptors (Lipinski definition) is 3. The highest BCUT2D eigenvalue weighted by Crippen LogP contribution is 2.29. The molecule has 6 heteroatoms. The zero-order valence-corrected chi connectivity index (χ0v) is 16.6. The van der Waals surface area contributed by atoms with Gasteiger partial charge >= 0.3 is 0 Å². The lowest BCUT2D eigenvalue weighted by Gasteiger charge is -2.21. The summed E-state index contributed by atoms with van der Waals surface area (Å²) in [4.78, 5) is 11.6. The molecule has 0 atom stereocenters. The first-order chi connectivity index (χ1) is 12.5. The zero-order valence-electron chi connectivity index (χ0n) is 15.0. The number of aryl methyl sites for hydroxylation is 1. The highest BCUT2D eigenvalue weighted by atomic mass is 79.9. The first-order valence-corrected chi connectivity index (χ1v) is 9.18. The molecular formula is C20H21BrN4O. The molecule has 0 spiro atoms. The van der Waals surface area contributed by atoms with Crippen molar-refractivity contribution in [1.29, 1.82) is 0 Å². The Morgan fingerprint density at radius 1 is 1.19 bits per heavy atom. The standard InChI is InChI=1S/C20H21BrN4O/c1-14(2)15-7-9-18(10-8-15)25(13-26)23-17-6-4-5-16(11-17)20-19(21)12-22-24(20)3/h4-14,23H,1-3H3. The molecule has 0 unspecified atom stereocenters. The van der Waals surface area contributed by atoms with Gasteiger partial charge in [0.05, 0.1) is 27.7 Å². The fourth-order valence-corrected chi connectivity index (χ4v) is 3.36. The predicted octanol–water partition coefficient (Wildman–Crippen LogP) is 4.96. The number of aromatic nitrogens is 2. The Balaban J connectivity index is 1.85. The molecule has 1 amide bonds. The Labute approximate surface area is 161 Å². The van der Waals surface area contributed by atoms with E-state index < -0.39 is 0 Å². The first-order valence-electron chi connectivity index (χ1n) is 8.38. The van der Waals surface area contributed by atoms with Gasteiger partial charge in [0.25, 0.3) is 0 Å². The molecule has 26 heavy (non-hydrogen) atoms. The van der Waals surface area contributed by atoms with E-state index in [1.54, 1.807) is 6.20 Å². The monoisotopic (exact) mass is 412 g/mol. The minimum absolute atomic E-state index is 0.454. The largest absolute Gasteiger partial charge is 0.292 e. The molecular weight excluding hydrogens is 392 g/mol. The van der Waals surface area contributed by atoms with Crippen molar-refractivity contribution in [3.8, 4) is 11.3 Å². The van der Waals surface area contributed by atoms with Gasteiger partial charge in [0.2, 0.25) is 6.41 Å². The van der Waals surface area contributed by atoms with Crippen LogP contribution >= 0.6 is 15.9 Å². The van der Waals surface area contributed by atoms with E-state index in [0.29, 0.717) is 5.92 Å². The van der Waals surface area contributed by atoms with E-state index in [9.17, 15) is 4.79 Å². The van der Waals surface area contributed by atoms with Crippen LogP contribution in [0.5, 0.6) is 0 Å². The minimum atomic E-state index is 0.454. The number of hydrazine groups is 1. The van der Waals surface area contributed by atoms with Gasteiger partial charge in [-0.15, -0.1) is 0 Å². The average molecular weight is 413 g/mol. The van der Waals surface area contributed by atoms with Crippen LogP contribution in [0.25, 0.3) is 11.3 Å². The number of carbonyl (C=O) groups excluding carboxylic acids is 1. The average Bonchev–Trinajstić information content (AvgIpc) is 2.98. The quantitative estimate of drug-likeness (QED) is 0.459. The fraction of sp³-hybridized carbons (Fsp3) is 0.200. The number of halogens is 1. The van der Waals surface area contributed by atoms with Crippen LogP contribution in [0.3, 0.4) is 0 Å². The van der Waals surface area contributed by atoms with Gasteiger partial charge in [-0.05, 0) is 51.7 Å². The second-order valence-corrected chi connectivity index (χ2v) is 7.23. The maximum atomic E-state index is 11.6. The Kier molecular flexibility index (Phi) is 5.42. The summed E-state index contributed by atoms with van der Waals surface area (Å²) in [5, 5.41) is 5.73. The number of amides is 1. The van der Waals surface area contributed by atoms with Gasteiger partial charge in [0.15, 0.2) is 0 Å². The lowest BCUT2D eigenvalue weighted by molar-refractivity contribution is -0.107. The van der Waals surface area contributed by atoms with Crippen molar-refractivity contribution < 1.29 is 4.79 Å². The Hall–Kier alpha value is -2.60. The summed E-state index contributed by atoms with van der Waals surface area (Å²) in [5.41, 5.74) is 7.98. The molecule has 5 nitrogen and oxygen atoms in total. The molecule has 1 N–H and O–H groups in total. The van der Waals surface area contributed by atoms with Gasteiger partial charge in [-0.1, -0.05) is 38.1 Å². The Bertz CT molecular complexity index is 883. The molecule has 1 heterocycles. The molecule has 0 aliphatic carbocycles. The molecule has 2 aromatic carbocycles. The highest BCUT2D eigenvalue weighted by molar-refractivity contribution is 9.10. The number of hydrogen-bond donors (Lipinski definition) is 1. The third-order valence-corrected chi connectivity index (χ3v) is 4.80. The van der Waals surface area contributed by atoms with Crippen molar-refractivity contribution in [2.45, 2.75) is 19.8 Å². The number of carbonyl (C=O) groups is 1. The van der Waals surface area contributed by atoms with Crippen LogP contribution in [0, 0.1) is 0 Å². The van der Waals surface area contributed by atoms with E-state index in [1.807, 2.05) is 60.3 Å². The fourth-order valence-electron chi connectivity index (χ4n) is 2.78. The van der Waals surface area contributed by atoms with Crippen molar-refractivity contribution in [3.63, 3.8) is 0 Å². The summed E-state index contributed by atoms with van der Waals surface area (Å²) < 4.78 is 2.74. The third-order valence-electron chi connectivity index (χ3n) is 4.22. The third kappa shape index (κ3) is 3.80. The molecule has 0 fully saturated rings. The Morgan fingerprint density at radius 3 is 2.50 bits per heavy atom. The summed E-state index contributed by atoms with van der Waals surface area (Å²) in [7, 11) is 1.90. The summed E-state index contributed by atoms with van der Waals surface area (Å²) in [6.45, 7) is 4.29. The van der Waals surface area contributed by atoms with Gasteiger partial charge in [0, 0.05) is 12.6 Å². The SMILES string of the molecule is CC(C)c1ccc(N(C=O)Nc2cccc(-c3c(Br)cnn3C)c2)cc1. The van der Waals surface area contributed by atoms with Gasteiger partial charge in [0.1, 0.15) is 0 Å². The van der Waals surface area contributed by atoms with Crippen molar-refractivity contribution in [2.75, 3.05) is 10.4 Å². The molecule has 0 bridgehead atoms. The van der Waals surface area contributed by atoms with E-state index in [1.165, 1.54) is 10.6 Å². The lowest BCUT2D eigenvalue weighted by Crippen LogP contribution is -2.28. The molecule has 3 aromatic rings. The molecule has 0 aliphatic rings. The second kappa shape index (κ2) is 7.74. The summed E-state index contributed by atoms with van der Waals surface area (Å²) in [5.74, 6) is 0.454. The molecule has 1 aromatic heterocycles. The number of anilines is 2. The Morgan fingerprint density at radius 2 is 1.92 bits per heavy atom. The second-order valence-electron chi connectivity index (χ2n) is 6.38. The predicted molar refractivity (Wildman–Crippen MR) is 109 cm³/mol. The van der Waals surface area contributed by atoms with Gasteiger partial charge < -0.3 is 0 Å². The summed E-state index contributed by atoms with van der Waals surface area (Å²) in [6, 6.07) is 15.8. The number of nitrogens with one attached hydrogen (secondary N) is 1. The number of rotatable bonds is 6. The molecule has 0 aliphatic heterocycles. The maximum Gasteiger partial charge on any atom is 0.232 e. The van der Waals surface area contributed by atoms with E-state index in [2.05, 4.69) is 40.3 Å². The molecule has 0 radical (unpaired) electrons. The van der Waals surface area contributed by atoms with E-state index in [0.717, 1.165) is 33.5 Å². The topological polar surface area (TPSA) is 50.2 Å². The van der Waals surface area contributed by atoms with Crippen LogP contribution in [-0.4, -0.2) is 16.2 Å². The minimum Gasteiger partial charge on any atom is -0.292 e. The van der Waals surface area contributed by atoms with Crippen LogP contribution < -0.4 is 10.4 Å². The van der Waals surface area contributed by atoms with E-state index >= 15 is 0 Å². The summed E-state index contributed by atoms with van der Waals surface area (Å²) >= 11 is 3.53. The maximum absolute atomic E-state index is 11.6. The normalized spacial score (nSPS) is 10.8. The van der Waals surface area contributed by atoms with Crippen LogP contribution in [0.1, 0.15) is 25.3 Å². The van der Waals surface area contributed by atoms with Crippen LogP contribution in [0.15, 0.2) is 59.2 Å². The van der Waals surface area contributed by atoms with Crippen molar-refractivity contribution in [2.24, 2.45) is 7.05 Å². The van der Waals surface area contributed by atoms with Gasteiger partial charge in [-0.3, -0.25) is 14.9 Å².